The van der Waals surface area contributed by atoms with Gasteiger partial charge in [-0.25, -0.2) is 0 Å². The molecule has 0 radical (unpaired) electrons. The third-order valence-electron chi connectivity index (χ3n) is 10.6. The van der Waals surface area contributed by atoms with E-state index in [1.807, 2.05) is 0 Å². The Morgan fingerprint density at radius 3 is 1.94 bits per heavy atom. The van der Waals surface area contributed by atoms with Gasteiger partial charge >= 0.3 is 0 Å². The number of hydrogen-bond donors (Lipinski definition) is 12. The molecule has 0 aromatic carbocycles. The Hall–Kier alpha value is -0.840. The highest BCUT2D eigenvalue weighted by Crippen LogP contribution is 2.42. The van der Waals surface area contributed by atoms with E-state index in [4.69, 9.17) is 54.1 Å². The van der Waals surface area contributed by atoms with Crippen molar-refractivity contribution in [2.75, 3.05) is 33.0 Å². The smallest absolute Gasteiger partial charge is 0.213 e. The summed E-state index contributed by atoms with van der Waals surface area (Å²) in [6.45, 7) is -1.23. The zero-order valence-electron chi connectivity index (χ0n) is 27.7. The Morgan fingerprint density at radius 2 is 1.27 bits per heavy atom. The highest BCUT2D eigenvalue weighted by Gasteiger charge is 2.63. The summed E-state index contributed by atoms with van der Waals surface area (Å²) in [6, 6.07) is -1.12. The van der Waals surface area contributed by atoms with Gasteiger partial charge in [-0.05, 0) is 19.4 Å². The predicted molar refractivity (Wildman–Crippen MR) is 162 cm³/mol. The maximum absolute atomic E-state index is 11.4. The highest BCUT2D eigenvalue weighted by atomic mass is 16.8. The molecule has 0 aliphatic carbocycles. The summed E-state index contributed by atoms with van der Waals surface area (Å²) < 4.78 is 52.3. The molecule has 4 bridgehead atoms. The first-order valence-electron chi connectivity index (χ1n) is 17.3. The maximum atomic E-state index is 11.4. The minimum Gasteiger partial charge on any atom is -0.394 e. The molecule has 21 atom stereocenters. The van der Waals surface area contributed by atoms with Crippen molar-refractivity contribution in [3.63, 3.8) is 0 Å². The second-order valence-corrected chi connectivity index (χ2v) is 13.9. The lowest BCUT2D eigenvalue weighted by Crippen LogP contribution is -2.74. The van der Waals surface area contributed by atoms with Crippen LogP contribution in [0.25, 0.3) is 0 Å². The van der Waals surface area contributed by atoms with Crippen molar-refractivity contribution in [3.05, 3.63) is 0 Å². The molecular weight excluding hydrogens is 692 g/mol. The van der Waals surface area contributed by atoms with Crippen molar-refractivity contribution in [1.82, 2.24) is 0 Å². The van der Waals surface area contributed by atoms with Crippen molar-refractivity contribution in [2.45, 2.75) is 154 Å². The molecule has 296 valence electrons. The SMILES string of the molecule is NCCCCCC(N)[C@@]1(O[C@@H]2[C@H]3OC[C@@H]2O[C@@H](O[C@@H]2[C@@H](O)[C@H](O[C@@H]4[C@H]5OC[C@@H]4O[C@@H](O)[C@H]5O)O[C@H](CO)[C@H]2O)[C@H]3O)O[C@H](CO)[C@H](O)[C@H](O)[C@H]1O. The van der Waals surface area contributed by atoms with E-state index in [0.717, 1.165) is 0 Å². The summed E-state index contributed by atoms with van der Waals surface area (Å²) in [6.07, 6.45) is -25.2. The maximum Gasteiger partial charge on any atom is 0.213 e. The van der Waals surface area contributed by atoms with Crippen LogP contribution in [-0.2, 0) is 42.6 Å². The van der Waals surface area contributed by atoms with Crippen LogP contribution in [0.3, 0.4) is 0 Å². The molecule has 6 rings (SSSR count). The number of unbranched alkanes of at least 4 members (excludes halogenated alkanes) is 2. The quantitative estimate of drug-likeness (QED) is 0.0735. The molecule has 0 saturated carbocycles. The molecule has 6 heterocycles. The second-order valence-electron chi connectivity index (χ2n) is 13.9. The van der Waals surface area contributed by atoms with Gasteiger partial charge in [0.25, 0.3) is 0 Å². The van der Waals surface area contributed by atoms with Crippen molar-refractivity contribution in [1.29, 1.82) is 0 Å². The van der Waals surface area contributed by atoms with Gasteiger partial charge in [-0.3, -0.25) is 0 Å². The molecule has 14 N–H and O–H groups in total. The summed E-state index contributed by atoms with van der Waals surface area (Å²) in [4.78, 5) is 0. The summed E-state index contributed by atoms with van der Waals surface area (Å²) >= 11 is 0. The van der Waals surface area contributed by atoms with E-state index in [1.165, 1.54) is 0 Å². The van der Waals surface area contributed by atoms with Gasteiger partial charge in [0.05, 0.1) is 32.5 Å². The Kier molecular flexibility index (Phi) is 12.9. The average molecular weight is 745 g/mol. The number of rotatable bonds is 14. The van der Waals surface area contributed by atoms with Crippen LogP contribution < -0.4 is 11.5 Å². The highest BCUT2D eigenvalue weighted by molar-refractivity contribution is 5.06. The number of hydrogen-bond acceptors (Lipinski definition) is 21. The zero-order valence-corrected chi connectivity index (χ0v) is 27.7. The number of ether oxygens (including phenoxy) is 9. The fourth-order valence-electron chi connectivity index (χ4n) is 7.68. The van der Waals surface area contributed by atoms with E-state index in [1.54, 1.807) is 0 Å². The summed E-state index contributed by atoms with van der Waals surface area (Å²) in [5, 5.41) is 106. The summed E-state index contributed by atoms with van der Waals surface area (Å²) in [7, 11) is 0. The monoisotopic (exact) mass is 744 g/mol. The normalized spacial score (nSPS) is 51.9. The third kappa shape index (κ3) is 7.45. The van der Waals surface area contributed by atoms with E-state index in [-0.39, 0.29) is 19.6 Å². The van der Waals surface area contributed by atoms with E-state index in [0.29, 0.717) is 25.8 Å². The lowest BCUT2D eigenvalue weighted by atomic mass is 9.85. The van der Waals surface area contributed by atoms with Gasteiger partial charge in [0.1, 0.15) is 97.7 Å². The average Bonchev–Trinajstić information content (AvgIpc) is 3.60. The first kappa shape index (κ1) is 39.8. The molecule has 1 unspecified atom stereocenters. The molecule has 6 aliphatic rings. The largest absolute Gasteiger partial charge is 0.394 e. The summed E-state index contributed by atoms with van der Waals surface area (Å²) in [5.74, 6) is -2.21. The standard InChI is InChI=1S/C30H52N2O19/c31-5-3-1-2-4-14(32)30(26(41)17(37)15(35)11(7-34)50-30)51-22-13-9-44-25(22)20(40)29(47-13)49-23-16(36)10(6-33)46-28(19(23)39)48-21-12-8-43-24(21)18(38)27(42)45-12/h10-29,33-42H,1-9,31-32H2/t10-,11-,12+,13+,14?,15+,16-,17+,18+,19-,20+,21+,22+,23+,24+,25+,26-,27-,28+,29+,30+/m1/s1. The van der Waals surface area contributed by atoms with Gasteiger partial charge in [-0.1, -0.05) is 12.8 Å². The van der Waals surface area contributed by atoms with Crippen LogP contribution in [-0.4, -0.2) is 212 Å². The van der Waals surface area contributed by atoms with Crippen molar-refractivity contribution in [3.8, 4) is 0 Å². The first-order valence-corrected chi connectivity index (χ1v) is 17.3. The number of aliphatic hydroxyl groups excluding tert-OH is 10. The van der Waals surface area contributed by atoms with E-state index < -0.39 is 142 Å². The van der Waals surface area contributed by atoms with E-state index in [9.17, 15) is 51.1 Å². The fraction of sp³-hybridized carbons (Fsp3) is 1.00. The topological polar surface area (TPSA) is 337 Å². The second kappa shape index (κ2) is 16.5. The van der Waals surface area contributed by atoms with Gasteiger partial charge < -0.3 is 105 Å². The molecule has 51 heavy (non-hydrogen) atoms. The molecule has 0 amide bonds. The van der Waals surface area contributed by atoms with Crippen molar-refractivity contribution >= 4 is 0 Å². The van der Waals surface area contributed by atoms with Gasteiger partial charge in [0.2, 0.25) is 5.79 Å². The minimum absolute atomic E-state index is 0.0326. The number of aliphatic hydroxyl groups is 10. The molecule has 6 fully saturated rings. The van der Waals surface area contributed by atoms with Crippen LogP contribution >= 0.6 is 0 Å². The zero-order chi connectivity index (χ0) is 36.8. The van der Waals surface area contributed by atoms with Crippen LogP contribution in [0.15, 0.2) is 0 Å². The molecule has 21 heteroatoms. The Labute approximate surface area is 292 Å². The fourth-order valence-corrected chi connectivity index (χ4v) is 7.68. The van der Waals surface area contributed by atoms with Crippen LogP contribution in [0.5, 0.6) is 0 Å². The Bertz CT molecular complexity index is 1130. The molecule has 21 nitrogen and oxygen atoms in total. The molecular formula is C30H52N2O19. The van der Waals surface area contributed by atoms with Crippen LogP contribution in [0.2, 0.25) is 0 Å². The molecule has 6 aliphatic heterocycles. The van der Waals surface area contributed by atoms with Gasteiger partial charge in [-0.2, -0.15) is 0 Å². The van der Waals surface area contributed by atoms with Crippen molar-refractivity contribution < 1.29 is 93.7 Å². The molecule has 0 spiro atoms. The van der Waals surface area contributed by atoms with Crippen molar-refractivity contribution in [2.24, 2.45) is 11.5 Å². The van der Waals surface area contributed by atoms with E-state index in [2.05, 4.69) is 0 Å². The first-order chi connectivity index (χ1) is 24.4. The van der Waals surface area contributed by atoms with Gasteiger partial charge in [0.15, 0.2) is 18.9 Å². The lowest BCUT2D eigenvalue weighted by Gasteiger charge is -2.53. The van der Waals surface area contributed by atoms with Crippen LogP contribution in [0.4, 0.5) is 0 Å². The van der Waals surface area contributed by atoms with Crippen LogP contribution in [0, 0.1) is 0 Å². The minimum atomic E-state index is -2.21. The number of fused-ring (bicyclic) bond motifs is 4. The molecule has 0 aromatic heterocycles. The third-order valence-corrected chi connectivity index (χ3v) is 10.6. The lowest BCUT2D eigenvalue weighted by molar-refractivity contribution is -0.404. The van der Waals surface area contributed by atoms with Crippen LogP contribution in [0.1, 0.15) is 25.7 Å². The molecule has 6 saturated heterocycles. The Balaban J connectivity index is 1.17. The predicted octanol–water partition coefficient (Wildman–Crippen LogP) is -7.44. The number of nitrogens with two attached hydrogens (primary N) is 2. The van der Waals surface area contributed by atoms with Gasteiger partial charge in [-0.15, -0.1) is 0 Å². The summed E-state index contributed by atoms with van der Waals surface area (Å²) in [5.41, 5.74) is 12.1. The van der Waals surface area contributed by atoms with E-state index >= 15 is 0 Å². The van der Waals surface area contributed by atoms with Gasteiger partial charge in [0, 0.05) is 0 Å². The molecule has 0 aromatic rings. The Morgan fingerprint density at radius 1 is 0.647 bits per heavy atom.